The van der Waals surface area contributed by atoms with Crippen molar-refractivity contribution in [3.63, 3.8) is 0 Å². The van der Waals surface area contributed by atoms with Crippen molar-refractivity contribution in [3.05, 3.63) is 22.5 Å². The van der Waals surface area contributed by atoms with Crippen LogP contribution in [-0.2, 0) is 5.75 Å². The molecule has 0 N–H and O–H groups in total. The minimum absolute atomic E-state index is 0.0750. The van der Waals surface area contributed by atoms with Crippen molar-refractivity contribution in [2.75, 3.05) is 18.0 Å². The second kappa shape index (κ2) is 7.43. The fourth-order valence-corrected chi connectivity index (χ4v) is 3.60. The Morgan fingerprint density at radius 1 is 1.33 bits per heavy atom. The van der Waals surface area contributed by atoms with Gasteiger partial charge in [0, 0.05) is 25.7 Å². The molecule has 7 nitrogen and oxygen atoms in total. The van der Waals surface area contributed by atoms with Gasteiger partial charge >= 0.3 is 0 Å². The summed E-state index contributed by atoms with van der Waals surface area (Å²) in [6.07, 6.45) is 3.64. The lowest BCUT2D eigenvalue weighted by molar-refractivity contribution is 0.0916. The zero-order valence-electron chi connectivity index (χ0n) is 13.7. The predicted octanol–water partition coefficient (Wildman–Crippen LogP) is 3.25. The summed E-state index contributed by atoms with van der Waals surface area (Å²) in [7, 11) is 0. The highest BCUT2D eigenvalue weighted by atomic mass is 32.2. The lowest BCUT2D eigenvalue weighted by Crippen LogP contribution is -2.31. The molecule has 0 bridgehead atoms. The van der Waals surface area contributed by atoms with E-state index in [1.165, 1.54) is 37.9 Å². The quantitative estimate of drug-likeness (QED) is 0.464. The number of piperidine rings is 1. The van der Waals surface area contributed by atoms with Gasteiger partial charge in [-0.1, -0.05) is 11.8 Å². The number of thioether (sulfide) groups is 1. The third-order valence-corrected chi connectivity index (χ3v) is 4.84. The zero-order valence-corrected chi connectivity index (χ0v) is 15.3. The van der Waals surface area contributed by atoms with Crippen LogP contribution in [0, 0.1) is 11.8 Å². The standard InChI is InChI=1S/C15H19N5O2S2/c1-10-8-13(17-14(16-10)19-6-4-3-5-7-19)24-9-12-18-20(11(2)21)15(23)22-12/h8H,3-7,9H2,1-2H3. The van der Waals surface area contributed by atoms with Crippen LogP contribution in [0.4, 0.5) is 5.95 Å². The summed E-state index contributed by atoms with van der Waals surface area (Å²) in [5, 5.41) is 4.94. The van der Waals surface area contributed by atoms with Gasteiger partial charge < -0.3 is 9.32 Å². The smallest absolute Gasteiger partial charge is 0.294 e. The maximum atomic E-state index is 11.4. The normalized spacial score (nSPS) is 14.8. The van der Waals surface area contributed by atoms with Crippen LogP contribution in [0.2, 0.25) is 0 Å². The van der Waals surface area contributed by atoms with E-state index in [9.17, 15) is 4.79 Å². The summed E-state index contributed by atoms with van der Waals surface area (Å²) in [6, 6.07) is 1.94. The van der Waals surface area contributed by atoms with Crippen LogP contribution in [-0.4, -0.2) is 38.7 Å². The van der Waals surface area contributed by atoms with Crippen molar-refractivity contribution in [3.8, 4) is 0 Å². The number of aromatic nitrogens is 4. The van der Waals surface area contributed by atoms with E-state index in [4.69, 9.17) is 16.6 Å². The Balaban J connectivity index is 1.73. The molecule has 24 heavy (non-hydrogen) atoms. The molecule has 2 aromatic rings. The van der Waals surface area contributed by atoms with Gasteiger partial charge in [-0.05, 0) is 44.5 Å². The highest BCUT2D eigenvalue weighted by Crippen LogP contribution is 2.24. The van der Waals surface area contributed by atoms with Crippen LogP contribution in [0.15, 0.2) is 15.5 Å². The first-order valence-electron chi connectivity index (χ1n) is 7.86. The Labute approximate surface area is 149 Å². The molecule has 2 aromatic heterocycles. The first-order chi connectivity index (χ1) is 11.5. The van der Waals surface area contributed by atoms with Crippen molar-refractivity contribution < 1.29 is 9.21 Å². The Kier molecular flexibility index (Phi) is 5.30. The molecule has 1 saturated heterocycles. The number of aryl methyl sites for hydroxylation is 1. The van der Waals surface area contributed by atoms with E-state index >= 15 is 0 Å². The molecule has 0 amide bonds. The molecule has 0 aliphatic carbocycles. The maximum absolute atomic E-state index is 11.4. The molecule has 0 spiro atoms. The largest absolute Gasteiger partial charge is 0.413 e. The number of hydrogen-bond donors (Lipinski definition) is 0. The molecule has 1 fully saturated rings. The van der Waals surface area contributed by atoms with E-state index in [2.05, 4.69) is 20.0 Å². The predicted molar refractivity (Wildman–Crippen MR) is 94.0 cm³/mol. The maximum Gasteiger partial charge on any atom is 0.294 e. The summed E-state index contributed by atoms with van der Waals surface area (Å²) >= 11 is 6.47. The van der Waals surface area contributed by atoms with Crippen molar-refractivity contribution in [2.45, 2.75) is 43.9 Å². The van der Waals surface area contributed by atoms with E-state index in [0.717, 1.165) is 34.4 Å². The van der Waals surface area contributed by atoms with E-state index in [1.807, 2.05) is 13.0 Å². The molecule has 128 valence electrons. The van der Waals surface area contributed by atoms with Gasteiger partial charge in [-0.3, -0.25) is 4.79 Å². The number of carbonyl (C=O) groups excluding carboxylic acids is 1. The molecule has 3 rings (SSSR count). The lowest BCUT2D eigenvalue weighted by atomic mass is 10.1. The second-order valence-electron chi connectivity index (χ2n) is 5.68. The van der Waals surface area contributed by atoms with Crippen LogP contribution in [0.5, 0.6) is 0 Å². The van der Waals surface area contributed by atoms with Crippen molar-refractivity contribution in [1.29, 1.82) is 0 Å². The minimum atomic E-state index is -0.259. The summed E-state index contributed by atoms with van der Waals surface area (Å²) in [5.74, 6) is 1.40. The van der Waals surface area contributed by atoms with Gasteiger partial charge in [0.25, 0.3) is 4.84 Å². The summed E-state index contributed by atoms with van der Waals surface area (Å²) in [4.78, 5) is 22.9. The van der Waals surface area contributed by atoms with E-state index in [1.54, 1.807) is 0 Å². The Morgan fingerprint density at radius 3 is 2.75 bits per heavy atom. The first kappa shape index (κ1) is 17.1. The molecular weight excluding hydrogens is 346 g/mol. The fourth-order valence-electron chi connectivity index (χ4n) is 2.54. The molecule has 9 heteroatoms. The third-order valence-electron chi connectivity index (χ3n) is 3.69. The number of nitrogens with zero attached hydrogens (tertiary/aromatic N) is 5. The first-order valence-corrected chi connectivity index (χ1v) is 9.26. The van der Waals surface area contributed by atoms with Gasteiger partial charge in [-0.25, -0.2) is 9.97 Å². The molecule has 0 saturated carbocycles. The average Bonchev–Trinajstić information content (AvgIpc) is 2.94. The summed E-state index contributed by atoms with van der Waals surface area (Å²) in [5.41, 5.74) is 0.934. The molecule has 0 radical (unpaired) electrons. The number of hydrogen-bond acceptors (Lipinski definition) is 8. The number of anilines is 1. The summed E-state index contributed by atoms with van der Waals surface area (Å²) in [6.45, 7) is 5.37. The number of carbonyl (C=O) groups is 1. The van der Waals surface area contributed by atoms with Crippen LogP contribution in [0.1, 0.15) is 42.6 Å². The van der Waals surface area contributed by atoms with Gasteiger partial charge in [-0.2, -0.15) is 4.68 Å². The highest BCUT2D eigenvalue weighted by Gasteiger charge is 2.15. The topological polar surface area (TPSA) is 77.1 Å². The van der Waals surface area contributed by atoms with Crippen molar-refractivity contribution in [2.24, 2.45) is 0 Å². The molecule has 0 unspecified atom stereocenters. The van der Waals surface area contributed by atoms with Crippen molar-refractivity contribution in [1.82, 2.24) is 19.7 Å². The Bertz CT molecular complexity index is 795. The van der Waals surface area contributed by atoms with Crippen LogP contribution in [0.3, 0.4) is 0 Å². The molecule has 1 aliphatic heterocycles. The Morgan fingerprint density at radius 2 is 2.08 bits per heavy atom. The van der Waals surface area contributed by atoms with E-state index < -0.39 is 0 Å². The van der Waals surface area contributed by atoms with Crippen LogP contribution in [0.25, 0.3) is 0 Å². The van der Waals surface area contributed by atoms with Gasteiger partial charge in [-0.15, -0.1) is 5.10 Å². The average molecular weight is 365 g/mol. The van der Waals surface area contributed by atoms with Gasteiger partial charge in [0.2, 0.25) is 17.7 Å². The van der Waals surface area contributed by atoms with Crippen molar-refractivity contribution >= 4 is 35.8 Å². The third kappa shape index (κ3) is 4.02. The van der Waals surface area contributed by atoms with Crippen LogP contribution >= 0.6 is 24.0 Å². The second-order valence-corrected chi connectivity index (χ2v) is 7.02. The zero-order chi connectivity index (χ0) is 17.1. The summed E-state index contributed by atoms with van der Waals surface area (Å²) < 4.78 is 6.44. The molecular formula is C15H19N5O2S2. The van der Waals surface area contributed by atoms with E-state index in [-0.39, 0.29) is 10.7 Å². The SMILES string of the molecule is CC(=O)n1nc(CSc2cc(C)nc(N3CCCCC3)n2)oc1=S. The molecule has 0 atom stereocenters. The Hall–Kier alpha value is -1.74. The molecule has 0 aromatic carbocycles. The molecule has 3 heterocycles. The fraction of sp³-hybridized carbons (Fsp3) is 0.533. The minimum Gasteiger partial charge on any atom is -0.413 e. The number of rotatable bonds is 4. The monoisotopic (exact) mass is 365 g/mol. The van der Waals surface area contributed by atoms with E-state index in [0.29, 0.717) is 11.6 Å². The van der Waals surface area contributed by atoms with Crippen LogP contribution < -0.4 is 4.90 Å². The van der Waals surface area contributed by atoms with Gasteiger partial charge in [0.1, 0.15) is 5.03 Å². The highest BCUT2D eigenvalue weighted by molar-refractivity contribution is 7.98. The van der Waals surface area contributed by atoms with Gasteiger partial charge in [0.05, 0.1) is 5.75 Å². The van der Waals surface area contributed by atoms with Gasteiger partial charge in [0.15, 0.2) is 0 Å². The molecule has 1 aliphatic rings. The lowest BCUT2D eigenvalue weighted by Gasteiger charge is -2.27.